The first-order valence-electron chi connectivity index (χ1n) is 7.85. The fourth-order valence-corrected chi connectivity index (χ4v) is 2.38. The van der Waals surface area contributed by atoms with Crippen molar-refractivity contribution in [2.24, 2.45) is 0 Å². The molecule has 0 bridgehead atoms. The summed E-state index contributed by atoms with van der Waals surface area (Å²) in [6.45, 7) is 0.502. The molecular formula is C19H20N4O2. The number of hydrogen-bond donors (Lipinski definition) is 2. The Labute approximate surface area is 146 Å². The van der Waals surface area contributed by atoms with Gasteiger partial charge in [-0.05, 0) is 35.4 Å². The van der Waals surface area contributed by atoms with Gasteiger partial charge in [0.1, 0.15) is 23.9 Å². The standard InChI is InChI=1S/C19H20N4O2/c1-24-16-6-4-14(5-7-16)12-25-17-8-2-13(3-9-17)10-15-11-22-19(21)23-18(15)20/h2-9,11H,10,12H2,1H3,(H4,20,21,22,23). The Hall–Kier alpha value is -3.28. The topological polar surface area (TPSA) is 96.3 Å². The molecular weight excluding hydrogens is 316 g/mol. The van der Waals surface area contributed by atoms with E-state index in [1.54, 1.807) is 13.3 Å². The number of ether oxygens (including phenoxy) is 2. The summed E-state index contributed by atoms with van der Waals surface area (Å²) in [6.07, 6.45) is 2.30. The molecule has 0 saturated carbocycles. The highest BCUT2D eigenvalue weighted by Gasteiger charge is 2.04. The van der Waals surface area contributed by atoms with Gasteiger partial charge in [-0.2, -0.15) is 4.98 Å². The van der Waals surface area contributed by atoms with Crippen LogP contribution in [0, 0.1) is 0 Å². The molecule has 0 saturated heterocycles. The summed E-state index contributed by atoms with van der Waals surface area (Å²) in [5.74, 6) is 2.23. The van der Waals surface area contributed by atoms with Gasteiger partial charge in [0.25, 0.3) is 0 Å². The van der Waals surface area contributed by atoms with E-state index in [1.807, 2.05) is 48.5 Å². The van der Waals surface area contributed by atoms with Gasteiger partial charge in [0.2, 0.25) is 5.95 Å². The molecule has 1 heterocycles. The zero-order chi connectivity index (χ0) is 17.6. The molecule has 0 spiro atoms. The highest BCUT2D eigenvalue weighted by Crippen LogP contribution is 2.19. The molecule has 6 nitrogen and oxygen atoms in total. The van der Waals surface area contributed by atoms with Gasteiger partial charge in [0, 0.05) is 18.2 Å². The van der Waals surface area contributed by atoms with Crippen molar-refractivity contribution in [2.45, 2.75) is 13.0 Å². The predicted octanol–water partition coefficient (Wildman–Crippen LogP) is 2.82. The fourth-order valence-electron chi connectivity index (χ4n) is 2.38. The van der Waals surface area contributed by atoms with Crippen LogP contribution in [0.5, 0.6) is 11.5 Å². The van der Waals surface area contributed by atoms with E-state index in [9.17, 15) is 0 Å². The van der Waals surface area contributed by atoms with Crippen molar-refractivity contribution in [1.82, 2.24) is 9.97 Å². The van der Waals surface area contributed by atoms with Crippen LogP contribution in [0.3, 0.4) is 0 Å². The lowest BCUT2D eigenvalue weighted by atomic mass is 10.1. The second kappa shape index (κ2) is 7.53. The third kappa shape index (κ3) is 4.38. The molecule has 128 valence electrons. The van der Waals surface area contributed by atoms with Gasteiger partial charge >= 0.3 is 0 Å². The van der Waals surface area contributed by atoms with Crippen LogP contribution < -0.4 is 20.9 Å². The smallest absolute Gasteiger partial charge is 0.221 e. The van der Waals surface area contributed by atoms with Gasteiger partial charge in [-0.1, -0.05) is 24.3 Å². The number of benzene rings is 2. The number of hydrogen-bond acceptors (Lipinski definition) is 6. The summed E-state index contributed by atoms with van der Waals surface area (Å²) < 4.78 is 10.9. The fraction of sp³-hybridized carbons (Fsp3) is 0.158. The van der Waals surface area contributed by atoms with Crippen molar-refractivity contribution in [1.29, 1.82) is 0 Å². The number of nitrogens with zero attached hydrogens (tertiary/aromatic N) is 2. The molecule has 0 radical (unpaired) electrons. The van der Waals surface area contributed by atoms with Gasteiger partial charge in [-0.25, -0.2) is 4.98 Å². The second-order valence-corrected chi connectivity index (χ2v) is 5.60. The van der Waals surface area contributed by atoms with Crippen LogP contribution in [0.1, 0.15) is 16.7 Å². The van der Waals surface area contributed by atoms with Crippen LogP contribution >= 0.6 is 0 Å². The maximum atomic E-state index is 5.87. The minimum Gasteiger partial charge on any atom is -0.497 e. The molecule has 0 unspecified atom stereocenters. The molecule has 4 N–H and O–H groups in total. The van der Waals surface area contributed by atoms with E-state index in [4.69, 9.17) is 20.9 Å². The summed E-state index contributed by atoms with van der Waals surface area (Å²) in [5, 5.41) is 0. The average Bonchev–Trinajstić information content (AvgIpc) is 2.64. The maximum Gasteiger partial charge on any atom is 0.221 e. The minimum atomic E-state index is 0.184. The number of aromatic nitrogens is 2. The molecule has 0 aliphatic heterocycles. The highest BCUT2D eigenvalue weighted by molar-refractivity contribution is 5.44. The van der Waals surface area contributed by atoms with Crippen molar-refractivity contribution >= 4 is 11.8 Å². The summed E-state index contributed by atoms with van der Waals surface area (Å²) in [4.78, 5) is 7.96. The Morgan fingerprint density at radius 3 is 2.16 bits per heavy atom. The largest absolute Gasteiger partial charge is 0.497 e. The summed E-state index contributed by atoms with van der Waals surface area (Å²) in [5.41, 5.74) is 14.4. The Bertz CT molecular complexity index is 833. The first-order chi connectivity index (χ1) is 12.1. The van der Waals surface area contributed by atoms with Gasteiger partial charge in [0.05, 0.1) is 7.11 Å². The lowest BCUT2D eigenvalue weighted by molar-refractivity contribution is 0.306. The van der Waals surface area contributed by atoms with Crippen molar-refractivity contribution in [2.75, 3.05) is 18.6 Å². The monoisotopic (exact) mass is 336 g/mol. The van der Waals surface area contributed by atoms with Crippen LogP contribution in [-0.4, -0.2) is 17.1 Å². The molecule has 2 aromatic carbocycles. The average molecular weight is 336 g/mol. The third-order valence-electron chi connectivity index (χ3n) is 3.80. The molecule has 25 heavy (non-hydrogen) atoms. The quantitative estimate of drug-likeness (QED) is 0.718. The SMILES string of the molecule is COc1ccc(COc2ccc(Cc3cnc(N)nc3N)cc2)cc1. The summed E-state index contributed by atoms with van der Waals surface area (Å²) in [7, 11) is 1.65. The first kappa shape index (κ1) is 16.6. The van der Waals surface area contributed by atoms with E-state index in [0.717, 1.165) is 28.2 Å². The zero-order valence-electron chi connectivity index (χ0n) is 14.0. The Kier molecular flexibility index (Phi) is 4.99. The lowest BCUT2D eigenvalue weighted by Crippen LogP contribution is -2.04. The van der Waals surface area contributed by atoms with E-state index in [1.165, 1.54) is 0 Å². The van der Waals surface area contributed by atoms with Gasteiger partial charge in [-0.15, -0.1) is 0 Å². The van der Waals surface area contributed by atoms with Crippen LogP contribution in [0.15, 0.2) is 54.7 Å². The summed E-state index contributed by atoms with van der Waals surface area (Å²) in [6, 6.07) is 15.7. The molecule has 0 aliphatic rings. The summed E-state index contributed by atoms with van der Waals surface area (Å²) >= 11 is 0. The van der Waals surface area contributed by atoms with Crippen molar-refractivity contribution in [3.8, 4) is 11.5 Å². The molecule has 1 aromatic heterocycles. The molecule has 0 aliphatic carbocycles. The van der Waals surface area contributed by atoms with Crippen LogP contribution in [0.25, 0.3) is 0 Å². The zero-order valence-corrected chi connectivity index (χ0v) is 14.0. The number of nitrogen functional groups attached to an aromatic ring is 2. The first-order valence-corrected chi connectivity index (χ1v) is 7.85. The maximum absolute atomic E-state index is 5.87. The Balaban J connectivity index is 1.59. The lowest BCUT2D eigenvalue weighted by Gasteiger charge is -2.09. The van der Waals surface area contributed by atoms with Gasteiger partial charge < -0.3 is 20.9 Å². The normalized spacial score (nSPS) is 10.4. The number of anilines is 2. The van der Waals surface area contributed by atoms with Gasteiger partial charge in [0.15, 0.2) is 0 Å². The van der Waals surface area contributed by atoms with Crippen LogP contribution in [0.4, 0.5) is 11.8 Å². The van der Waals surface area contributed by atoms with Crippen molar-refractivity contribution < 1.29 is 9.47 Å². The Morgan fingerprint density at radius 2 is 1.52 bits per heavy atom. The molecule has 3 rings (SSSR count). The van der Waals surface area contributed by atoms with Crippen molar-refractivity contribution in [3.63, 3.8) is 0 Å². The highest BCUT2D eigenvalue weighted by atomic mass is 16.5. The van der Waals surface area contributed by atoms with E-state index >= 15 is 0 Å². The molecule has 0 fully saturated rings. The van der Waals surface area contributed by atoms with Crippen LogP contribution in [-0.2, 0) is 13.0 Å². The van der Waals surface area contributed by atoms with Crippen LogP contribution in [0.2, 0.25) is 0 Å². The number of nitrogens with two attached hydrogens (primary N) is 2. The molecule has 0 amide bonds. The van der Waals surface area contributed by atoms with E-state index in [0.29, 0.717) is 18.8 Å². The molecule has 3 aromatic rings. The number of methoxy groups -OCH3 is 1. The third-order valence-corrected chi connectivity index (χ3v) is 3.80. The number of rotatable bonds is 6. The van der Waals surface area contributed by atoms with E-state index in [2.05, 4.69) is 9.97 Å². The van der Waals surface area contributed by atoms with E-state index < -0.39 is 0 Å². The Morgan fingerprint density at radius 1 is 0.880 bits per heavy atom. The molecule has 6 heteroatoms. The molecule has 0 atom stereocenters. The van der Waals surface area contributed by atoms with Crippen molar-refractivity contribution in [3.05, 3.63) is 71.4 Å². The minimum absolute atomic E-state index is 0.184. The van der Waals surface area contributed by atoms with E-state index in [-0.39, 0.29) is 5.95 Å². The second-order valence-electron chi connectivity index (χ2n) is 5.60. The predicted molar refractivity (Wildman–Crippen MR) is 97.4 cm³/mol. The van der Waals surface area contributed by atoms with Gasteiger partial charge in [-0.3, -0.25) is 0 Å².